The van der Waals surface area contributed by atoms with Crippen molar-refractivity contribution < 1.29 is 9.90 Å². The highest BCUT2D eigenvalue weighted by atomic mass is 32.2. The fraction of sp³-hybridized carbons (Fsp3) is 0.278. The molecule has 0 saturated carbocycles. The first kappa shape index (κ1) is 16.5. The first-order valence-electron chi connectivity index (χ1n) is 7.66. The van der Waals surface area contributed by atoms with Crippen LogP contribution in [-0.2, 0) is 4.79 Å². The van der Waals surface area contributed by atoms with E-state index < -0.39 is 5.97 Å². The SMILES string of the molecule is Cc1ccc(C)c(-c2c(C)nn3c(SCC(=O)O)cc(C)nc23)c1. The Kier molecular flexibility index (Phi) is 4.32. The van der Waals surface area contributed by atoms with Crippen molar-refractivity contribution in [1.29, 1.82) is 0 Å². The summed E-state index contributed by atoms with van der Waals surface area (Å²) in [6.45, 7) is 8.02. The molecule has 24 heavy (non-hydrogen) atoms. The lowest BCUT2D eigenvalue weighted by molar-refractivity contribution is -0.133. The Bertz CT molecular complexity index is 947. The van der Waals surface area contributed by atoms with Crippen molar-refractivity contribution >= 4 is 23.4 Å². The zero-order valence-corrected chi connectivity index (χ0v) is 14.9. The third kappa shape index (κ3) is 3.01. The normalized spacial score (nSPS) is 11.2. The van der Waals surface area contributed by atoms with Gasteiger partial charge < -0.3 is 5.11 Å². The summed E-state index contributed by atoms with van der Waals surface area (Å²) in [7, 11) is 0. The van der Waals surface area contributed by atoms with Crippen LogP contribution in [0.2, 0.25) is 0 Å². The summed E-state index contributed by atoms with van der Waals surface area (Å²) in [6.07, 6.45) is 0. The monoisotopic (exact) mass is 341 g/mol. The summed E-state index contributed by atoms with van der Waals surface area (Å²) >= 11 is 1.26. The molecule has 6 heteroatoms. The number of thioether (sulfide) groups is 1. The highest BCUT2D eigenvalue weighted by Gasteiger charge is 2.18. The second kappa shape index (κ2) is 6.28. The molecule has 1 aromatic carbocycles. The minimum Gasteiger partial charge on any atom is -0.481 e. The van der Waals surface area contributed by atoms with Crippen molar-refractivity contribution in [2.24, 2.45) is 0 Å². The quantitative estimate of drug-likeness (QED) is 0.577. The van der Waals surface area contributed by atoms with Gasteiger partial charge in [0.05, 0.1) is 11.4 Å². The summed E-state index contributed by atoms with van der Waals surface area (Å²) in [4.78, 5) is 15.6. The predicted octanol–water partition coefficient (Wildman–Crippen LogP) is 3.81. The molecule has 0 aliphatic rings. The minimum atomic E-state index is -0.846. The Labute approximate surface area is 144 Å². The van der Waals surface area contributed by atoms with Gasteiger partial charge in [-0.2, -0.15) is 5.10 Å². The maximum absolute atomic E-state index is 10.9. The van der Waals surface area contributed by atoms with Gasteiger partial charge in [-0.3, -0.25) is 4.79 Å². The maximum atomic E-state index is 10.9. The molecular formula is C18H19N3O2S. The lowest BCUT2D eigenvalue weighted by Gasteiger charge is -2.08. The van der Waals surface area contributed by atoms with Gasteiger partial charge in [0.25, 0.3) is 0 Å². The van der Waals surface area contributed by atoms with E-state index in [2.05, 4.69) is 42.1 Å². The Morgan fingerprint density at radius 2 is 1.96 bits per heavy atom. The second-order valence-electron chi connectivity index (χ2n) is 5.93. The average Bonchev–Trinajstić information content (AvgIpc) is 2.83. The fourth-order valence-electron chi connectivity index (χ4n) is 2.77. The third-order valence-corrected chi connectivity index (χ3v) is 4.84. The molecular weight excluding hydrogens is 322 g/mol. The Hall–Kier alpha value is -2.34. The van der Waals surface area contributed by atoms with Crippen LogP contribution in [0.15, 0.2) is 29.3 Å². The number of carbonyl (C=O) groups is 1. The van der Waals surface area contributed by atoms with Crippen LogP contribution in [0.1, 0.15) is 22.5 Å². The molecule has 0 atom stereocenters. The van der Waals surface area contributed by atoms with E-state index >= 15 is 0 Å². The molecule has 0 spiro atoms. The number of rotatable bonds is 4. The van der Waals surface area contributed by atoms with E-state index in [0.29, 0.717) is 0 Å². The highest BCUT2D eigenvalue weighted by molar-refractivity contribution is 7.99. The molecule has 5 nitrogen and oxygen atoms in total. The number of nitrogens with zero attached hydrogens (tertiary/aromatic N) is 3. The number of aryl methyl sites for hydroxylation is 4. The topological polar surface area (TPSA) is 67.5 Å². The summed E-state index contributed by atoms with van der Waals surface area (Å²) in [5.41, 5.74) is 6.99. The van der Waals surface area contributed by atoms with Crippen LogP contribution in [0.25, 0.3) is 16.8 Å². The van der Waals surface area contributed by atoms with Crippen LogP contribution >= 0.6 is 11.8 Å². The summed E-state index contributed by atoms with van der Waals surface area (Å²) in [5.74, 6) is -0.850. The number of benzene rings is 1. The lowest BCUT2D eigenvalue weighted by atomic mass is 9.98. The van der Waals surface area contributed by atoms with Crippen molar-refractivity contribution in [1.82, 2.24) is 14.6 Å². The van der Waals surface area contributed by atoms with Crippen LogP contribution in [0.3, 0.4) is 0 Å². The van der Waals surface area contributed by atoms with Crippen molar-refractivity contribution in [3.63, 3.8) is 0 Å². The molecule has 0 bridgehead atoms. The molecule has 0 fully saturated rings. The van der Waals surface area contributed by atoms with E-state index in [-0.39, 0.29) is 5.75 Å². The van der Waals surface area contributed by atoms with Gasteiger partial charge >= 0.3 is 5.97 Å². The van der Waals surface area contributed by atoms with Gasteiger partial charge in [0.2, 0.25) is 0 Å². The Morgan fingerprint density at radius 1 is 1.21 bits per heavy atom. The van der Waals surface area contributed by atoms with Gasteiger partial charge in [0, 0.05) is 11.3 Å². The second-order valence-corrected chi connectivity index (χ2v) is 6.93. The largest absolute Gasteiger partial charge is 0.481 e. The highest BCUT2D eigenvalue weighted by Crippen LogP contribution is 2.32. The molecule has 3 rings (SSSR count). The van der Waals surface area contributed by atoms with Crippen LogP contribution in [0.5, 0.6) is 0 Å². The molecule has 2 heterocycles. The minimum absolute atomic E-state index is 0.00370. The molecule has 3 aromatic rings. The number of carboxylic acid groups (broad SMARTS) is 1. The molecule has 0 radical (unpaired) electrons. The van der Waals surface area contributed by atoms with Crippen LogP contribution in [0.4, 0.5) is 0 Å². The van der Waals surface area contributed by atoms with Crippen LogP contribution < -0.4 is 0 Å². The first-order valence-corrected chi connectivity index (χ1v) is 8.64. The molecule has 124 valence electrons. The average molecular weight is 341 g/mol. The molecule has 0 unspecified atom stereocenters. The molecule has 2 aromatic heterocycles. The molecule has 0 saturated heterocycles. The standard InChI is InChI=1S/C18H19N3O2S/c1-10-5-6-11(2)14(7-10)17-13(4)20-21-15(24-9-16(22)23)8-12(3)19-18(17)21/h5-8H,9H2,1-4H3,(H,22,23). The van der Waals surface area contributed by atoms with E-state index in [1.165, 1.54) is 22.9 Å². The fourth-order valence-corrected chi connectivity index (χ4v) is 3.54. The van der Waals surface area contributed by atoms with Gasteiger partial charge in [-0.1, -0.05) is 35.5 Å². The number of carboxylic acids is 1. The number of aromatic nitrogens is 3. The van der Waals surface area contributed by atoms with Gasteiger partial charge in [-0.05, 0) is 44.9 Å². The number of aliphatic carboxylic acids is 1. The number of fused-ring (bicyclic) bond motifs is 1. The van der Waals surface area contributed by atoms with Crippen LogP contribution in [-0.4, -0.2) is 31.4 Å². The van der Waals surface area contributed by atoms with Crippen molar-refractivity contribution in [2.75, 3.05) is 5.75 Å². The van der Waals surface area contributed by atoms with E-state index in [1.54, 1.807) is 4.52 Å². The number of hydrogen-bond acceptors (Lipinski definition) is 4. The van der Waals surface area contributed by atoms with Gasteiger partial charge in [-0.25, -0.2) is 9.50 Å². The van der Waals surface area contributed by atoms with Crippen molar-refractivity contribution in [3.8, 4) is 11.1 Å². The number of hydrogen-bond donors (Lipinski definition) is 1. The van der Waals surface area contributed by atoms with E-state index in [0.717, 1.165) is 33.2 Å². The molecule has 0 amide bonds. The van der Waals surface area contributed by atoms with Crippen molar-refractivity contribution in [2.45, 2.75) is 32.7 Å². The van der Waals surface area contributed by atoms with E-state index in [1.807, 2.05) is 19.9 Å². The van der Waals surface area contributed by atoms with Gasteiger partial charge in [0.15, 0.2) is 5.65 Å². The van der Waals surface area contributed by atoms with Crippen molar-refractivity contribution in [3.05, 3.63) is 46.8 Å². The van der Waals surface area contributed by atoms with Crippen LogP contribution in [0, 0.1) is 27.7 Å². The zero-order chi connectivity index (χ0) is 17.4. The van der Waals surface area contributed by atoms with Gasteiger partial charge in [0.1, 0.15) is 5.03 Å². The van der Waals surface area contributed by atoms with E-state index in [9.17, 15) is 4.79 Å². The summed E-state index contributed by atoms with van der Waals surface area (Å²) in [6, 6.07) is 8.21. The molecule has 1 N–H and O–H groups in total. The summed E-state index contributed by atoms with van der Waals surface area (Å²) in [5, 5.41) is 14.4. The third-order valence-electron chi connectivity index (χ3n) is 3.87. The molecule has 0 aliphatic carbocycles. The maximum Gasteiger partial charge on any atom is 0.313 e. The predicted molar refractivity (Wildman–Crippen MR) is 95.7 cm³/mol. The zero-order valence-electron chi connectivity index (χ0n) is 14.1. The lowest BCUT2D eigenvalue weighted by Crippen LogP contribution is -2.02. The van der Waals surface area contributed by atoms with Gasteiger partial charge in [-0.15, -0.1) is 0 Å². The smallest absolute Gasteiger partial charge is 0.313 e. The summed E-state index contributed by atoms with van der Waals surface area (Å²) < 4.78 is 1.76. The Morgan fingerprint density at radius 3 is 2.67 bits per heavy atom. The molecule has 0 aliphatic heterocycles. The van der Waals surface area contributed by atoms with E-state index in [4.69, 9.17) is 5.11 Å². The Balaban J connectivity index is 2.25. The first-order chi connectivity index (χ1) is 11.4.